The van der Waals surface area contributed by atoms with Crippen molar-refractivity contribution in [3.8, 4) is 0 Å². The van der Waals surface area contributed by atoms with Crippen molar-refractivity contribution in [2.45, 2.75) is 102 Å². The van der Waals surface area contributed by atoms with Gasteiger partial charge in [-0.3, -0.25) is 4.55 Å². The first kappa shape index (κ1) is 38.8. The maximum absolute atomic E-state index is 10.7. The number of aliphatic hydroxyl groups excluding tert-OH is 2. The minimum atomic E-state index is -5.84. The van der Waals surface area contributed by atoms with Gasteiger partial charge in [-0.2, -0.15) is 21.6 Å². The molecule has 2 aliphatic rings. The molecule has 1 radical (unpaired) electrons. The molecule has 0 bridgehead atoms. The summed E-state index contributed by atoms with van der Waals surface area (Å²) in [4.78, 5) is 0. The molecule has 28 heavy (non-hydrogen) atoms. The summed E-state index contributed by atoms with van der Waals surface area (Å²) in [5.74, 6) is 0. The number of alkyl halides is 3. The molecule has 0 aromatic rings. The molecule has 2 aliphatic carbocycles. The first-order valence-corrected chi connectivity index (χ1v) is 10.2. The van der Waals surface area contributed by atoms with Crippen molar-refractivity contribution in [2.75, 3.05) is 0 Å². The van der Waals surface area contributed by atoms with E-state index in [2.05, 4.69) is 0 Å². The van der Waals surface area contributed by atoms with Crippen LogP contribution < -0.4 is 0 Å². The zero-order valence-electron chi connectivity index (χ0n) is 17.6. The first-order chi connectivity index (χ1) is 11.4. The summed E-state index contributed by atoms with van der Waals surface area (Å²) in [6.45, 7) is 3.32. The quantitative estimate of drug-likeness (QED) is 0.285. The van der Waals surface area contributed by atoms with E-state index in [1.165, 1.54) is 64.2 Å². The molecule has 0 aromatic carbocycles. The topological polar surface area (TPSA) is 94.8 Å². The third-order valence-corrected chi connectivity index (χ3v) is 4.06. The third-order valence-electron chi connectivity index (χ3n) is 3.47. The molecule has 0 saturated heterocycles. The van der Waals surface area contributed by atoms with Crippen LogP contribution in [0.25, 0.3) is 0 Å². The van der Waals surface area contributed by atoms with Gasteiger partial charge in [0.2, 0.25) is 0 Å². The Morgan fingerprint density at radius 1 is 0.750 bits per heavy atom. The van der Waals surface area contributed by atoms with E-state index in [9.17, 15) is 13.2 Å². The van der Waals surface area contributed by atoms with Crippen molar-refractivity contribution < 1.29 is 54.9 Å². The molecule has 0 aliphatic heterocycles. The monoisotopic (exact) mass is 475 g/mol. The molecule has 2 unspecified atom stereocenters. The summed E-state index contributed by atoms with van der Waals surface area (Å²) in [7, 11) is -5.84. The van der Waals surface area contributed by atoms with E-state index in [1.54, 1.807) is 13.8 Å². The molecule has 2 fully saturated rings. The number of hydrogen-bond acceptors (Lipinski definition) is 4. The molecule has 173 valence electrons. The van der Waals surface area contributed by atoms with Crippen molar-refractivity contribution in [2.24, 2.45) is 0 Å². The van der Waals surface area contributed by atoms with Gasteiger partial charge in [0.1, 0.15) is 0 Å². The average molecular weight is 476 g/mol. The molecule has 0 heterocycles. The standard InChI is InChI=1S/C5H12O2.2C5H10.CHF3O3S.2CH3.V/c1-4(6)3-5(2)7;2*1-2-4-5-3-1;2-1(3,4)8(5,6)7;;;/h4-7H,3H2,1-2H3;2*1-5H2;(H,5,6,7);2*1H3;/q;;;;2*-1;+2. The molecule has 0 aromatic heterocycles. The van der Waals surface area contributed by atoms with E-state index >= 15 is 0 Å². The van der Waals surface area contributed by atoms with Crippen molar-refractivity contribution in [3.63, 3.8) is 0 Å². The minimum Gasteiger partial charge on any atom is -0.393 e. The van der Waals surface area contributed by atoms with Gasteiger partial charge in [0.15, 0.2) is 0 Å². The van der Waals surface area contributed by atoms with Crippen LogP contribution in [0.4, 0.5) is 13.2 Å². The zero-order valence-corrected chi connectivity index (χ0v) is 19.8. The Hall–Kier alpha value is 0.204. The predicted molar refractivity (Wildman–Crippen MR) is 105 cm³/mol. The summed E-state index contributed by atoms with van der Waals surface area (Å²) in [6.07, 6.45) is 14.7. The molecular formula is C18H39F3O5SV. The molecule has 3 N–H and O–H groups in total. The minimum absolute atomic E-state index is 0. The fourth-order valence-corrected chi connectivity index (χ4v) is 2.26. The van der Waals surface area contributed by atoms with E-state index in [0.717, 1.165) is 0 Å². The summed E-state index contributed by atoms with van der Waals surface area (Å²) >= 11 is 0. The van der Waals surface area contributed by atoms with Gasteiger partial charge in [-0.05, 0) is 20.3 Å². The van der Waals surface area contributed by atoms with Gasteiger partial charge in [-0.1, -0.05) is 64.2 Å². The van der Waals surface area contributed by atoms with Crippen molar-refractivity contribution in [1.29, 1.82) is 0 Å². The van der Waals surface area contributed by atoms with Crippen molar-refractivity contribution >= 4 is 10.1 Å². The van der Waals surface area contributed by atoms with Gasteiger partial charge in [-0.25, -0.2) is 0 Å². The Bertz CT molecular complexity index is 363. The second-order valence-corrected chi connectivity index (χ2v) is 7.80. The molecule has 5 nitrogen and oxygen atoms in total. The molecule has 0 spiro atoms. The fourth-order valence-electron chi connectivity index (χ4n) is 2.26. The predicted octanol–water partition coefficient (Wildman–Crippen LogP) is 5.33. The van der Waals surface area contributed by atoms with E-state index < -0.39 is 15.6 Å². The maximum atomic E-state index is 10.7. The van der Waals surface area contributed by atoms with Crippen LogP contribution >= 0.6 is 0 Å². The average Bonchev–Trinajstić information content (AvgIpc) is 3.15. The SMILES string of the molecule is C1CCCC1.C1CCCC1.CC(O)CC(C)O.O=S(=O)(O)C(F)(F)F.[CH3-].[CH3-].[V+2]. The Kier molecular flexibility index (Phi) is 30.3. The van der Waals surface area contributed by atoms with Gasteiger partial charge < -0.3 is 25.1 Å². The van der Waals surface area contributed by atoms with Gasteiger partial charge in [-0.15, -0.1) is 0 Å². The van der Waals surface area contributed by atoms with Crippen LogP contribution in [0, 0.1) is 14.9 Å². The largest absolute Gasteiger partial charge is 2.00 e. The summed E-state index contributed by atoms with van der Waals surface area (Å²) < 4.78 is 57.5. The van der Waals surface area contributed by atoms with Gasteiger partial charge in [0.05, 0.1) is 12.2 Å². The number of hydrogen-bond donors (Lipinski definition) is 3. The molecule has 2 atom stereocenters. The van der Waals surface area contributed by atoms with Crippen LogP contribution in [0.1, 0.15) is 84.5 Å². The van der Waals surface area contributed by atoms with E-state index in [1.807, 2.05) is 0 Å². The molecule has 2 saturated carbocycles. The Balaban J connectivity index is -0.0000000821. The molecule has 10 heteroatoms. The van der Waals surface area contributed by atoms with Gasteiger partial charge in [0.25, 0.3) is 0 Å². The fraction of sp³-hybridized carbons (Fsp3) is 0.889. The summed E-state index contributed by atoms with van der Waals surface area (Å²) in [5, 5.41) is 17.1. The number of rotatable bonds is 2. The van der Waals surface area contributed by atoms with Crippen molar-refractivity contribution in [1.82, 2.24) is 0 Å². The van der Waals surface area contributed by atoms with Crippen LogP contribution in [0.2, 0.25) is 0 Å². The van der Waals surface area contributed by atoms with Crippen LogP contribution in [-0.4, -0.2) is 40.9 Å². The molecule has 2 rings (SSSR count). The Labute approximate surface area is 182 Å². The van der Waals surface area contributed by atoms with Crippen molar-refractivity contribution in [3.05, 3.63) is 14.9 Å². The maximum Gasteiger partial charge on any atom is 2.00 e. The van der Waals surface area contributed by atoms with E-state index in [0.29, 0.717) is 6.42 Å². The van der Waals surface area contributed by atoms with Crippen LogP contribution in [0.5, 0.6) is 0 Å². The van der Waals surface area contributed by atoms with E-state index in [-0.39, 0.29) is 45.6 Å². The van der Waals surface area contributed by atoms with Crippen LogP contribution in [0.15, 0.2) is 0 Å². The smallest absolute Gasteiger partial charge is 0.393 e. The summed E-state index contributed by atoms with van der Waals surface area (Å²) in [6, 6.07) is 0. The van der Waals surface area contributed by atoms with Gasteiger partial charge in [0, 0.05) is 0 Å². The Morgan fingerprint density at radius 3 is 0.929 bits per heavy atom. The second kappa shape index (κ2) is 21.9. The number of halogens is 3. The zero-order chi connectivity index (χ0) is 19.9. The van der Waals surface area contributed by atoms with E-state index in [4.69, 9.17) is 23.2 Å². The second-order valence-electron chi connectivity index (χ2n) is 6.39. The third kappa shape index (κ3) is 30.9. The van der Waals surface area contributed by atoms with Gasteiger partial charge >= 0.3 is 34.2 Å². The first-order valence-electron chi connectivity index (χ1n) is 8.77. The number of aliphatic hydroxyl groups is 2. The van der Waals surface area contributed by atoms with Crippen LogP contribution in [0.3, 0.4) is 0 Å². The molecule has 0 amide bonds. The Morgan fingerprint density at radius 2 is 0.893 bits per heavy atom. The molecular weight excluding hydrogens is 436 g/mol. The summed E-state index contributed by atoms with van der Waals surface area (Å²) in [5.41, 5.74) is -5.53. The normalized spacial score (nSPS) is 17.3. The van der Waals surface area contributed by atoms with Crippen LogP contribution in [-0.2, 0) is 28.7 Å².